The zero-order valence-corrected chi connectivity index (χ0v) is 16.5. The van der Waals surface area contributed by atoms with Crippen LogP contribution in [0.1, 0.15) is 39.5 Å². The number of allylic oxidation sites excluding steroid dienone is 4. The summed E-state index contributed by atoms with van der Waals surface area (Å²) in [5.74, 6) is 0.232. The minimum atomic E-state index is -4.50. The number of sulfone groups is 1. The van der Waals surface area contributed by atoms with Gasteiger partial charge in [0.15, 0.2) is 0 Å². The Balaban J connectivity index is 2.18. The molecule has 1 aliphatic carbocycles. The fourth-order valence-electron chi connectivity index (χ4n) is 3.15. The van der Waals surface area contributed by atoms with Crippen LogP contribution in [0.4, 0.5) is 13.2 Å². The number of dihydropyridines is 1. The standard InChI is InChI=1S/C18H26F3N3O2S/c1-4-16(18(19,20)21)24-17(13-6-5-12(2)22-11-13)23-14-7-9-15(10-8-14)27(3,25)26/h4-6,11-12,14-15,23-24H,7-10H2,1-3H3/b16-4-,17-13?. The van der Waals surface area contributed by atoms with Crippen molar-refractivity contribution in [3.8, 4) is 0 Å². The van der Waals surface area contributed by atoms with E-state index in [4.69, 9.17) is 0 Å². The summed E-state index contributed by atoms with van der Waals surface area (Å²) in [7, 11) is -3.09. The molecule has 1 heterocycles. The summed E-state index contributed by atoms with van der Waals surface area (Å²) in [5.41, 5.74) is -0.329. The quantitative estimate of drug-likeness (QED) is 0.737. The van der Waals surface area contributed by atoms with Crippen molar-refractivity contribution >= 4 is 16.1 Å². The molecule has 152 valence electrons. The first kappa shape index (κ1) is 21.5. The molecule has 0 bridgehead atoms. The molecule has 0 aromatic rings. The maximum atomic E-state index is 13.2. The second-order valence-electron chi connectivity index (χ2n) is 6.98. The third-order valence-electron chi connectivity index (χ3n) is 4.77. The predicted molar refractivity (Wildman–Crippen MR) is 101 cm³/mol. The first-order valence-corrected chi connectivity index (χ1v) is 10.9. The number of nitrogens with one attached hydrogen (secondary N) is 2. The molecule has 0 aromatic heterocycles. The van der Waals surface area contributed by atoms with Gasteiger partial charge in [-0.1, -0.05) is 18.2 Å². The van der Waals surface area contributed by atoms with E-state index in [1.54, 1.807) is 12.3 Å². The van der Waals surface area contributed by atoms with Crippen LogP contribution in [0.3, 0.4) is 0 Å². The zero-order chi connectivity index (χ0) is 20.2. The Labute approximate surface area is 158 Å². The van der Waals surface area contributed by atoms with E-state index in [0.717, 1.165) is 6.08 Å². The SMILES string of the molecule is C/C=C(\NC(NC1CCC(S(C)(=O)=O)CC1)=C1C=CC(C)N=C1)C(F)(F)F. The van der Waals surface area contributed by atoms with E-state index >= 15 is 0 Å². The molecular formula is C18H26F3N3O2S. The van der Waals surface area contributed by atoms with Crippen LogP contribution in [0.15, 0.2) is 40.3 Å². The Hall–Kier alpha value is -1.77. The summed E-state index contributed by atoms with van der Waals surface area (Å²) in [5, 5.41) is 5.22. The number of aliphatic imine (C=N–C) groups is 1. The molecular weight excluding hydrogens is 379 g/mol. The van der Waals surface area contributed by atoms with Crippen molar-refractivity contribution in [2.45, 2.75) is 63.0 Å². The molecule has 27 heavy (non-hydrogen) atoms. The van der Waals surface area contributed by atoms with Crippen LogP contribution in [-0.4, -0.2) is 44.4 Å². The van der Waals surface area contributed by atoms with Gasteiger partial charge in [0, 0.05) is 24.1 Å². The van der Waals surface area contributed by atoms with Crippen LogP contribution < -0.4 is 10.6 Å². The Kier molecular flexibility index (Phi) is 6.77. The molecule has 1 fully saturated rings. The largest absolute Gasteiger partial charge is 0.430 e. The van der Waals surface area contributed by atoms with Crippen LogP contribution in [0.25, 0.3) is 0 Å². The summed E-state index contributed by atoms with van der Waals surface area (Å²) >= 11 is 0. The Morgan fingerprint density at radius 1 is 1.26 bits per heavy atom. The number of alkyl halides is 3. The van der Waals surface area contributed by atoms with Crippen LogP contribution in [0, 0.1) is 0 Å². The molecule has 1 atom stereocenters. The first-order chi connectivity index (χ1) is 12.5. The van der Waals surface area contributed by atoms with E-state index < -0.39 is 21.7 Å². The van der Waals surface area contributed by atoms with Gasteiger partial charge in [0.1, 0.15) is 21.4 Å². The van der Waals surface area contributed by atoms with Gasteiger partial charge >= 0.3 is 6.18 Å². The van der Waals surface area contributed by atoms with E-state index in [1.807, 2.05) is 13.0 Å². The van der Waals surface area contributed by atoms with Crippen molar-refractivity contribution in [2.24, 2.45) is 4.99 Å². The van der Waals surface area contributed by atoms with E-state index in [0.29, 0.717) is 31.3 Å². The highest BCUT2D eigenvalue weighted by Crippen LogP contribution is 2.27. The molecule has 1 aliphatic heterocycles. The Bertz CT molecular complexity index is 743. The molecule has 0 aromatic carbocycles. The number of rotatable bonds is 5. The summed E-state index contributed by atoms with van der Waals surface area (Å²) in [6.45, 7) is 3.20. The lowest BCUT2D eigenvalue weighted by Crippen LogP contribution is -2.42. The molecule has 2 N–H and O–H groups in total. The van der Waals surface area contributed by atoms with E-state index in [-0.39, 0.29) is 23.2 Å². The van der Waals surface area contributed by atoms with Gasteiger partial charge in [0.25, 0.3) is 0 Å². The number of halogens is 3. The minimum absolute atomic E-state index is 0.0241. The second-order valence-corrected chi connectivity index (χ2v) is 9.31. The number of hydrogen-bond acceptors (Lipinski definition) is 5. The monoisotopic (exact) mass is 405 g/mol. The van der Waals surface area contributed by atoms with E-state index in [2.05, 4.69) is 15.6 Å². The van der Waals surface area contributed by atoms with Gasteiger partial charge in [-0.25, -0.2) is 8.42 Å². The molecule has 2 rings (SSSR count). The van der Waals surface area contributed by atoms with Crippen LogP contribution in [0.2, 0.25) is 0 Å². The van der Waals surface area contributed by atoms with Crippen LogP contribution in [-0.2, 0) is 9.84 Å². The minimum Gasteiger partial charge on any atom is -0.368 e. The third kappa shape index (κ3) is 6.12. The lowest BCUT2D eigenvalue weighted by Gasteiger charge is -2.31. The molecule has 5 nitrogen and oxygen atoms in total. The van der Waals surface area contributed by atoms with Gasteiger partial charge in [-0.2, -0.15) is 13.2 Å². The van der Waals surface area contributed by atoms with Gasteiger partial charge in [0.2, 0.25) is 0 Å². The fourth-order valence-corrected chi connectivity index (χ4v) is 4.28. The highest BCUT2D eigenvalue weighted by molar-refractivity contribution is 7.91. The second kappa shape index (κ2) is 8.50. The van der Waals surface area contributed by atoms with Crippen molar-refractivity contribution in [3.05, 3.63) is 35.3 Å². The lowest BCUT2D eigenvalue weighted by molar-refractivity contribution is -0.0961. The molecule has 0 spiro atoms. The topological polar surface area (TPSA) is 70.6 Å². The first-order valence-electron chi connectivity index (χ1n) is 8.92. The summed E-state index contributed by atoms with van der Waals surface area (Å²) in [6.07, 6.45) is 4.94. The average Bonchev–Trinajstić information content (AvgIpc) is 2.58. The van der Waals surface area contributed by atoms with Crippen LogP contribution >= 0.6 is 0 Å². The van der Waals surface area contributed by atoms with E-state index in [9.17, 15) is 21.6 Å². The Morgan fingerprint density at radius 2 is 1.89 bits per heavy atom. The normalized spacial score (nSPS) is 28.8. The summed E-state index contributed by atoms with van der Waals surface area (Å²) < 4.78 is 62.9. The highest BCUT2D eigenvalue weighted by Gasteiger charge is 2.35. The highest BCUT2D eigenvalue weighted by atomic mass is 32.2. The molecule has 0 radical (unpaired) electrons. The van der Waals surface area contributed by atoms with Crippen molar-refractivity contribution < 1.29 is 21.6 Å². The number of nitrogens with zero attached hydrogens (tertiary/aromatic N) is 1. The number of hydrogen-bond donors (Lipinski definition) is 2. The lowest BCUT2D eigenvalue weighted by atomic mass is 9.95. The smallest absolute Gasteiger partial charge is 0.368 e. The molecule has 1 saturated carbocycles. The van der Waals surface area contributed by atoms with Crippen molar-refractivity contribution in [1.82, 2.24) is 10.6 Å². The maximum Gasteiger partial charge on any atom is 0.430 e. The van der Waals surface area contributed by atoms with Crippen molar-refractivity contribution in [1.29, 1.82) is 0 Å². The van der Waals surface area contributed by atoms with Crippen LogP contribution in [0.5, 0.6) is 0 Å². The predicted octanol–water partition coefficient (Wildman–Crippen LogP) is 3.23. The molecule has 2 aliphatic rings. The van der Waals surface area contributed by atoms with Crippen molar-refractivity contribution in [3.63, 3.8) is 0 Å². The molecule has 9 heteroatoms. The zero-order valence-electron chi connectivity index (χ0n) is 15.7. The molecule has 0 saturated heterocycles. The average molecular weight is 405 g/mol. The van der Waals surface area contributed by atoms with Gasteiger partial charge in [-0.15, -0.1) is 0 Å². The molecule has 1 unspecified atom stereocenters. The summed E-state index contributed by atoms with van der Waals surface area (Å²) in [6, 6.07) is -0.130. The molecule has 0 amide bonds. The van der Waals surface area contributed by atoms with Gasteiger partial charge < -0.3 is 10.6 Å². The maximum absolute atomic E-state index is 13.2. The van der Waals surface area contributed by atoms with Gasteiger partial charge in [-0.05, 0) is 39.5 Å². The Morgan fingerprint density at radius 3 is 2.33 bits per heavy atom. The van der Waals surface area contributed by atoms with Gasteiger partial charge in [0.05, 0.1) is 11.3 Å². The summed E-state index contributed by atoms with van der Waals surface area (Å²) in [4.78, 5) is 4.24. The third-order valence-corrected chi connectivity index (χ3v) is 6.46. The van der Waals surface area contributed by atoms with Gasteiger partial charge in [-0.3, -0.25) is 4.99 Å². The van der Waals surface area contributed by atoms with Crippen molar-refractivity contribution in [2.75, 3.05) is 6.26 Å². The van der Waals surface area contributed by atoms with E-state index in [1.165, 1.54) is 13.2 Å². The fraction of sp³-hybridized carbons (Fsp3) is 0.611.